The average Bonchev–Trinajstić information content (AvgIpc) is 2.94. The Morgan fingerprint density at radius 2 is 2.16 bits per heavy atom. The lowest BCUT2D eigenvalue weighted by Crippen LogP contribution is -2.33. The third-order valence-corrected chi connectivity index (χ3v) is 4.84. The molecule has 2 aromatic heterocycles. The van der Waals surface area contributed by atoms with Gasteiger partial charge in [0, 0.05) is 17.8 Å². The second kappa shape index (κ2) is 5.77. The predicted molar refractivity (Wildman–Crippen MR) is 92.8 cm³/mol. The Hall–Kier alpha value is -3.09. The van der Waals surface area contributed by atoms with E-state index in [1.165, 1.54) is 13.4 Å². The van der Waals surface area contributed by atoms with Gasteiger partial charge in [-0.25, -0.2) is 9.97 Å². The van der Waals surface area contributed by atoms with Crippen molar-refractivity contribution in [1.29, 1.82) is 0 Å². The Kier molecular flexibility index (Phi) is 3.56. The fraction of sp³-hybridized carbons (Fsp3) is 0.278. The molecule has 0 unspecified atom stereocenters. The van der Waals surface area contributed by atoms with E-state index in [1.54, 1.807) is 18.2 Å². The first-order valence-electron chi connectivity index (χ1n) is 8.06. The standard InChI is InChI=1S/C18H18N4O3/c1-25-18(24)11-5-12(6-11)22-8-14(10-3-2-4-13(23)7-10)15-16(19)20-9-21-17(15)22/h2-4,7-9,11-12,23H,5-6H2,1H3,(H2,19,20,21). The van der Waals surface area contributed by atoms with Crippen molar-refractivity contribution in [2.45, 2.75) is 18.9 Å². The number of hydrogen-bond acceptors (Lipinski definition) is 6. The lowest BCUT2D eigenvalue weighted by molar-refractivity contribution is -0.149. The summed E-state index contributed by atoms with van der Waals surface area (Å²) in [5, 5.41) is 10.6. The Bertz CT molecular complexity index is 960. The van der Waals surface area contributed by atoms with Crippen LogP contribution in [0.3, 0.4) is 0 Å². The Labute approximate surface area is 144 Å². The van der Waals surface area contributed by atoms with Crippen LogP contribution < -0.4 is 5.73 Å². The molecule has 1 aromatic carbocycles. The predicted octanol–water partition coefficient (Wildman–Crippen LogP) is 2.51. The van der Waals surface area contributed by atoms with Crippen LogP contribution in [0.25, 0.3) is 22.2 Å². The van der Waals surface area contributed by atoms with E-state index in [-0.39, 0.29) is 23.7 Å². The number of methoxy groups -OCH3 is 1. The summed E-state index contributed by atoms with van der Waals surface area (Å²) in [5.74, 6) is 0.333. The molecule has 1 aliphatic carbocycles. The molecule has 0 bridgehead atoms. The van der Waals surface area contributed by atoms with Gasteiger partial charge in [-0.2, -0.15) is 0 Å². The van der Waals surface area contributed by atoms with Crippen LogP contribution in [0.5, 0.6) is 5.75 Å². The number of benzene rings is 1. The molecule has 1 aliphatic rings. The summed E-state index contributed by atoms with van der Waals surface area (Å²) in [4.78, 5) is 20.2. The normalized spacial score (nSPS) is 19.6. The zero-order valence-corrected chi connectivity index (χ0v) is 13.7. The van der Waals surface area contributed by atoms with E-state index < -0.39 is 0 Å². The molecule has 0 atom stereocenters. The van der Waals surface area contributed by atoms with Crippen molar-refractivity contribution in [2.24, 2.45) is 5.92 Å². The van der Waals surface area contributed by atoms with Gasteiger partial charge in [-0.1, -0.05) is 12.1 Å². The third kappa shape index (κ3) is 2.48. The van der Waals surface area contributed by atoms with Crippen molar-refractivity contribution in [2.75, 3.05) is 12.8 Å². The molecule has 25 heavy (non-hydrogen) atoms. The van der Waals surface area contributed by atoms with Crippen molar-refractivity contribution < 1.29 is 14.6 Å². The monoisotopic (exact) mass is 338 g/mol. The minimum atomic E-state index is -0.171. The highest BCUT2D eigenvalue weighted by Gasteiger charge is 2.37. The molecule has 0 amide bonds. The van der Waals surface area contributed by atoms with E-state index in [1.807, 2.05) is 16.8 Å². The second-order valence-electron chi connectivity index (χ2n) is 6.30. The second-order valence-corrected chi connectivity index (χ2v) is 6.30. The van der Waals surface area contributed by atoms with Crippen molar-refractivity contribution in [3.8, 4) is 16.9 Å². The van der Waals surface area contributed by atoms with Gasteiger partial charge in [0.05, 0.1) is 18.4 Å². The van der Waals surface area contributed by atoms with E-state index >= 15 is 0 Å². The lowest BCUT2D eigenvalue weighted by atomic mass is 9.80. The fourth-order valence-corrected chi connectivity index (χ4v) is 3.45. The maximum absolute atomic E-state index is 11.6. The van der Waals surface area contributed by atoms with E-state index in [0.29, 0.717) is 18.7 Å². The smallest absolute Gasteiger partial charge is 0.308 e. The van der Waals surface area contributed by atoms with E-state index in [2.05, 4.69) is 9.97 Å². The molecule has 1 fully saturated rings. The first-order chi connectivity index (χ1) is 12.1. The van der Waals surface area contributed by atoms with Gasteiger partial charge in [0.15, 0.2) is 0 Å². The van der Waals surface area contributed by atoms with Gasteiger partial charge in [0.25, 0.3) is 0 Å². The quantitative estimate of drug-likeness (QED) is 0.711. The van der Waals surface area contributed by atoms with Crippen LogP contribution in [0.2, 0.25) is 0 Å². The number of nitrogens with two attached hydrogens (primary N) is 1. The molecule has 0 saturated heterocycles. The number of nitrogen functional groups attached to an aromatic ring is 1. The van der Waals surface area contributed by atoms with Gasteiger partial charge in [-0.15, -0.1) is 0 Å². The maximum atomic E-state index is 11.6. The number of ether oxygens (including phenoxy) is 1. The number of phenolic OH excluding ortho intramolecular Hbond substituents is 1. The number of fused-ring (bicyclic) bond motifs is 1. The van der Waals surface area contributed by atoms with Gasteiger partial charge in [-0.3, -0.25) is 4.79 Å². The van der Waals surface area contributed by atoms with Gasteiger partial charge in [-0.05, 0) is 30.5 Å². The van der Waals surface area contributed by atoms with Gasteiger partial charge < -0.3 is 20.1 Å². The number of nitrogens with zero attached hydrogens (tertiary/aromatic N) is 3. The number of phenols is 1. The van der Waals surface area contributed by atoms with Crippen LogP contribution >= 0.6 is 0 Å². The molecule has 128 valence electrons. The van der Waals surface area contributed by atoms with Crippen molar-refractivity contribution in [3.63, 3.8) is 0 Å². The third-order valence-electron chi connectivity index (χ3n) is 4.84. The minimum Gasteiger partial charge on any atom is -0.508 e. The fourth-order valence-electron chi connectivity index (χ4n) is 3.45. The summed E-state index contributed by atoms with van der Waals surface area (Å²) >= 11 is 0. The number of carbonyl (C=O) groups is 1. The van der Waals surface area contributed by atoms with Gasteiger partial charge in [0.1, 0.15) is 23.5 Å². The van der Waals surface area contributed by atoms with Crippen LogP contribution in [0, 0.1) is 5.92 Å². The summed E-state index contributed by atoms with van der Waals surface area (Å²) in [6.07, 6.45) is 4.83. The number of aromatic nitrogens is 3. The Morgan fingerprint density at radius 3 is 2.88 bits per heavy atom. The Balaban J connectivity index is 1.79. The van der Waals surface area contributed by atoms with E-state index in [4.69, 9.17) is 10.5 Å². The molecule has 0 spiro atoms. The molecule has 3 N–H and O–H groups in total. The van der Waals surface area contributed by atoms with E-state index in [0.717, 1.165) is 22.2 Å². The first kappa shape index (κ1) is 15.4. The highest BCUT2D eigenvalue weighted by Crippen LogP contribution is 2.43. The molecule has 4 rings (SSSR count). The average molecular weight is 338 g/mol. The summed E-state index contributed by atoms with van der Waals surface area (Å²) < 4.78 is 6.86. The molecule has 0 aliphatic heterocycles. The van der Waals surface area contributed by atoms with Crippen LogP contribution in [0.15, 0.2) is 36.8 Å². The molecule has 2 heterocycles. The zero-order chi connectivity index (χ0) is 17.6. The number of carbonyl (C=O) groups excluding carboxylic acids is 1. The van der Waals surface area contributed by atoms with Crippen molar-refractivity contribution >= 4 is 22.8 Å². The number of esters is 1. The van der Waals surface area contributed by atoms with Crippen LogP contribution in [-0.2, 0) is 9.53 Å². The molecular weight excluding hydrogens is 320 g/mol. The summed E-state index contributed by atoms with van der Waals surface area (Å²) in [6, 6.07) is 7.15. The largest absolute Gasteiger partial charge is 0.508 e. The minimum absolute atomic E-state index is 0.0733. The van der Waals surface area contributed by atoms with Gasteiger partial charge >= 0.3 is 5.97 Å². The van der Waals surface area contributed by atoms with E-state index in [9.17, 15) is 9.90 Å². The highest BCUT2D eigenvalue weighted by molar-refractivity contribution is 6.00. The molecule has 1 saturated carbocycles. The first-order valence-corrected chi connectivity index (χ1v) is 8.06. The highest BCUT2D eigenvalue weighted by atomic mass is 16.5. The molecule has 7 heteroatoms. The molecule has 0 radical (unpaired) electrons. The van der Waals surface area contributed by atoms with Crippen LogP contribution in [0.4, 0.5) is 5.82 Å². The van der Waals surface area contributed by atoms with Crippen molar-refractivity contribution in [3.05, 3.63) is 36.8 Å². The summed E-state index contributed by atoms with van der Waals surface area (Å²) in [6.45, 7) is 0. The van der Waals surface area contributed by atoms with Crippen molar-refractivity contribution in [1.82, 2.24) is 14.5 Å². The van der Waals surface area contributed by atoms with Crippen LogP contribution in [-0.4, -0.2) is 32.7 Å². The molecule has 7 nitrogen and oxygen atoms in total. The number of hydrogen-bond donors (Lipinski definition) is 2. The number of anilines is 1. The van der Waals surface area contributed by atoms with Crippen LogP contribution in [0.1, 0.15) is 18.9 Å². The Morgan fingerprint density at radius 1 is 1.36 bits per heavy atom. The topological polar surface area (TPSA) is 103 Å². The summed E-state index contributed by atoms with van der Waals surface area (Å²) in [5.41, 5.74) is 8.54. The number of rotatable bonds is 3. The zero-order valence-electron chi connectivity index (χ0n) is 13.7. The maximum Gasteiger partial charge on any atom is 0.308 e. The lowest BCUT2D eigenvalue weighted by Gasteiger charge is -2.34. The molecular formula is C18H18N4O3. The molecule has 3 aromatic rings. The summed E-state index contributed by atoms with van der Waals surface area (Å²) in [7, 11) is 1.41. The SMILES string of the molecule is COC(=O)C1CC(n2cc(-c3cccc(O)c3)c3c(N)ncnc32)C1. The number of aromatic hydroxyl groups is 1. The van der Waals surface area contributed by atoms with Gasteiger partial charge in [0.2, 0.25) is 0 Å².